The molecule has 1 aromatic carbocycles. The van der Waals surface area contributed by atoms with Crippen LogP contribution >= 0.6 is 12.4 Å². The molecule has 0 spiro atoms. The van der Waals surface area contributed by atoms with Gasteiger partial charge in [-0.15, -0.1) is 22.6 Å². The third-order valence-electron chi connectivity index (χ3n) is 6.25. The lowest BCUT2D eigenvalue weighted by atomic mass is 9.98. The lowest BCUT2D eigenvalue weighted by Gasteiger charge is -2.08. The second-order valence-electron chi connectivity index (χ2n) is 8.63. The first-order valence-corrected chi connectivity index (χ1v) is 11.3. The molecule has 3 N–H and O–H groups in total. The molecule has 5 nitrogen and oxygen atoms in total. The van der Waals surface area contributed by atoms with Gasteiger partial charge in [-0.3, -0.25) is 5.41 Å². The molecule has 0 unspecified atom stereocenters. The van der Waals surface area contributed by atoms with Gasteiger partial charge in [-0.2, -0.15) is 0 Å². The fraction of sp³-hybridized carbons (Fsp3) is 0.625. The van der Waals surface area contributed by atoms with Gasteiger partial charge in [-0.25, -0.2) is 0 Å². The number of rotatable bonds is 13. The van der Waals surface area contributed by atoms with Crippen molar-refractivity contribution >= 4 is 18.2 Å². The predicted molar refractivity (Wildman–Crippen MR) is 125 cm³/mol. The van der Waals surface area contributed by atoms with Crippen molar-refractivity contribution in [1.29, 1.82) is 5.41 Å². The van der Waals surface area contributed by atoms with Crippen LogP contribution in [0.3, 0.4) is 0 Å². The second kappa shape index (κ2) is 11.5. The summed E-state index contributed by atoms with van der Waals surface area (Å²) < 4.78 is 5.91. The highest BCUT2D eigenvalue weighted by Crippen LogP contribution is 2.47. The smallest absolute Gasteiger partial charge is 0.247 e. The summed E-state index contributed by atoms with van der Waals surface area (Å²) in [6.07, 6.45) is 14.8. The Bertz CT molecular complexity index is 813. The largest absolute Gasteiger partial charge is 0.420 e. The number of benzene rings is 1. The molecule has 1 heterocycles. The molecule has 1 aromatic heterocycles. The average molecular weight is 433 g/mol. The Morgan fingerprint density at radius 2 is 1.67 bits per heavy atom. The van der Waals surface area contributed by atoms with E-state index in [0.717, 1.165) is 24.8 Å². The Kier molecular flexibility index (Phi) is 9.35. The molecule has 0 radical (unpaired) electrons. The van der Waals surface area contributed by atoms with Crippen LogP contribution in [0.5, 0.6) is 0 Å². The highest BCUT2D eigenvalue weighted by Gasteiger charge is 2.52. The van der Waals surface area contributed by atoms with Gasteiger partial charge in [-0.05, 0) is 55.9 Å². The number of amidine groups is 1. The highest BCUT2D eigenvalue weighted by molar-refractivity contribution is 5.91. The molecular weight excluding hydrogens is 396 g/mol. The van der Waals surface area contributed by atoms with E-state index in [9.17, 15) is 0 Å². The van der Waals surface area contributed by atoms with Crippen molar-refractivity contribution in [2.45, 2.75) is 96.3 Å². The minimum Gasteiger partial charge on any atom is -0.420 e. The molecule has 2 aromatic rings. The quantitative estimate of drug-likeness (QED) is 0.214. The Balaban J connectivity index is 0.00000320. The topological polar surface area (TPSA) is 88.8 Å². The van der Waals surface area contributed by atoms with Crippen molar-refractivity contribution in [2.24, 2.45) is 5.73 Å². The number of aryl methyl sites for hydroxylation is 2. The van der Waals surface area contributed by atoms with E-state index in [-0.39, 0.29) is 18.2 Å². The molecule has 3 rings (SSSR count). The van der Waals surface area contributed by atoms with Crippen LogP contribution in [-0.4, -0.2) is 16.0 Å². The van der Waals surface area contributed by atoms with E-state index in [1.54, 1.807) is 0 Å². The van der Waals surface area contributed by atoms with E-state index in [2.05, 4.69) is 36.2 Å². The van der Waals surface area contributed by atoms with Gasteiger partial charge in [0.1, 0.15) is 11.3 Å². The van der Waals surface area contributed by atoms with Gasteiger partial charge in [0.2, 0.25) is 11.8 Å². The van der Waals surface area contributed by atoms with Crippen molar-refractivity contribution < 1.29 is 4.42 Å². The second-order valence-corrected chi connectivity index (χ2v) is 8.63. The summed E-state index contributed by atoms with van der Waals surface area (Å²) in [4.78, 5) is 0. The number of nitrogens with one attached hydrogen (secondary N) is 1. The van der Waals surface area contributed by atoms with Gasteiger partial charge >= 0.3 is 0 Å². The van der Waals surface area contributed by atoms with Crippen molar-refractivity contribution in [3.8, 4) is 11.5 Å². The normalized spacial score (nSPS) is 14.3. The maximum absolute atomic E-state index is 7.79. The van der Waals surface area contributed by atoms with Gasteiger partial charge in [-0.1, -0.05) is 64.4 Å². The van der Waals surface area contributed by atoms with Crippen molar-refractivity contribution in [3.05, 3.63) is 35.2 Å². The zero-order valence-electron chi connectivity index (χ0n) is 18.5. The highest BCUT2D eigenvalue weighted by atomic mass is 35.5. The summed E-state index contributed by atoms with van der Waals surface area (Å²) in [6, 6.07) is 6.37. The predicted octanol–water partition coefficient (Wildman–Crippen LogP) is 6.51. The van der Waals surface area contributed by atoms with E-state index in [1.165, 1.54) is 68.9 Å². The molecule has 0 amide bonds. The van der Waals surface area contributed by atoms with Crippen LogP contribution in [0.4, 0.5) is 0 Å². The zero-order chi connectivity index (χ0) is 20.7. The first-order valence-electron chi connectivity index (χ1n) is 11.3. The van der Waals surface area contributed by atoms with E-state index in [1.807, 2.05) is 6.07 Å². The molecule has 1 fully saturated rings. The maximum Gasteiger partial charge on any atom is 0.247 e. The fourth-order valence-electron chi connectivity index (χ4n) is 3.96. The number of halogens is 1. The molecule has 1 aliphatic carbocycles. The first kappa shape index (κ1) is 24.4. The molecule has 6 heteroatoms. The van der Waals surface area contributed by atoms with E-state index < -0.39 is 5.41 Å². The Morgan fingerprint density at radius 1 is 1.03 bits per heavy atom. The Labute approximate surface area is 187 Å². The van der Waals surface area contributed by atoms with E-state index >= 15 is 0 Å². The van der Waals surface area contributed by atoms with Crippen LogP contribution in [0.15, 0.2) is 22.6 Å². The van der Waals surface area contributed by atoms with Gasteiger partial charge < -0.3 is 10.2 Å². The Morgan fingerprint density at radius 3 is 2.27 bits per heavy atom. The zero-order valence-corrected chi connectivity index (χ0v) is 19.3. The molecular formula is C24H37ClN4O. The third kappa shape index (κ3) is 6.07. The lowest BCUT2D eigenvalue weighted by molar-refractivity contribution is 0.485. The lowest BCUT2D eigenvalue weighted by Crippen LogP contribution is -2.27. The Hall–Kier alpha value is -1.88. The number of aromatic nitrogens is 2. The fourth-order valence-corrected chi connectivity index (χ4v) is 3.96. The van der Waals surface area contributed by atoms with Crippen LogP contribution in [0.1, 0.15) is 94.6 Å². The van der Waals surface area contributed by atoms with Crippen LogP contribution < -0.4 is 5.73 Å². The molecule has 1 saturated carbocycles. The maximum atomic E-state index is 7.79. The summed E-state index contributed by atoms with van der Waals surface area (Å²) in [6.45, 7) is 4.44. The van der Waals surface area contributed by atoms with Gasteiger partial charge in [0, 0.05) is 5.56 Å². The summed E-state index contributed by atoms with van der Waals surface area (Å²) in [7, 11) is 0. The number of hydrogen-bond donors (Lipinski definition) is 2. The number of nitrogens with two attached hydrogens (primary N) is 1. The standard InChI is InChI=1S/C24H36N4O.ClH/c1-3-4-5-6-7-8-9-10-11-12-19-17-20(14-13-18(19)2)21-27-28-23(29-21)24(15-16-24)22(25)26;/h13-14,17H,3-12,15-16H2,1-2H3,(H3,25,26);1H. The van der Waals surface area contributed by atoms with Crippen LogP contribution in [0, 0.1) is 12.3 Å². The van der Waals surface area contributed by atoms with Crippen LogP contribution in [0.25, 0.3) is 11.5 Å². The number of unbranched alkanes of at least 4 members (excludes halogenated alkanes) is 8. The molecule has 0 aliphatic heterocycles. The van der Waals surface area contributed by atoms with E-state index in [0.29, 0.717) is 11.8 Å². The average Bonchev–Trinajstić information content (AvgIpc) is 3.39. The van der Waals surface area contributed by atoms with Crippen molar-refractivity contribution in [2.75, 3.05) is 0 Å². The molecule has 0 atom stereocenters. The van der Waals surface area contributed by atoms with Gasteiger partial charge in [0.05, 0.1) is 0 Å². The monoisotopic (exact) mass is 432 g/mol. The van der Waals surface area contributed by atoms with Crippen molar-refractivity contribution in [3.63, 3.8) is 0 Å². The summed E-state index contributed by atoms with van der Waals surface area (Å²) in [5.41, 5.74) is 8.86. The minimum atomic E-state index is -0.505. The van der Waals surface area contributed by atoms with E-state index in [4.69, 9.17) is 15.6 Å². The van der Waals surface area contributed by atoms with Gasteiger partial charge in [0.25, 0.3) is 0 Å². The summed E-state index contributed by atoms with van der Waals surface area (Å²) in [5.74, 6) is 1.14. The van der Waals surface area contributed by atoms with Gasteiger partial charge in [0.15, 0.2) is 0 Å². The molecule has 166 valence electrons. The number of nitrogens with zero attached hydrogens (tertiary/aromatic N) is 2. The van der Waals surface area contributed by atoms with Crippen LogP contribution in [0.2, 0.25) is 0 Å². The molecule has 0 saturated heterocycles. The molecule has 1 aliphatic rings. The van der Waals surface area contributed by atoms with Crippen LogP contribution in [-0.2, 0) is 11.8 Å². The minimum absolute atomic E-state index is 0. The third-order valence-corrected chi connectivity index (χ3v) is 6.25. The first-order chi connectivity index (χ1) is 14.1. The SMILES string of the molecule is CCCCCCCCCCCc1cc(-c2nnc(C3(C(=N)N)CC3)o2)ccc1C.Cl. The van der Waals surface area contributed by atoms with Crippen molar-refractivity contribution in [1.82, 2.24) is 10.2 Å². The molecule has 0 bridgehead atoms. The number of hydrogen-bond acceptors (Lipinski definition) is 4. The summed E-state index contributed by atoms with van der Waals surface area (Å²) >= 11 is 0. The molecule has 30 heavy (non-hydrogen) atoms. The summed E-state index contributed by atoms with van der Waals surface area (Å²) in [5, 5.41) is 16.2.